The maximum Gasteiger partial charge on any atom is 0.338 e. The Morgan fingerprint density at radius 3 is 2.62 bits per heavy atom. The molecular weight excluding hydrogens is 286 g/mol. The number of rotatable bonds is 7. The molecule has 0 saturated carbocycles. The fourth-order valence-electron chi connectivity index (χ4n) is 1.61. The monoisotopic (exact) mass is 302 g/mol. The van der Waals surface area contributed by atoms with Gasteiger partial charge < -0.3 is 20.9 Å². The van der Waals surface area contributed by atoms with Crippen LogP contribution in [0.2, 0.25) is 0 Å². The Morgan fingerprint density at radius 1 is 1.38 bits per heavy atom. The van der Waals surface area contributed by atoms with Crippen LogP contribution in [0.1, 0.15) is 23.2 Å². The van der Waals surface area contributed by atoms with Crippen LogP contribution < -0.4 is 11.1 Å². The number of aromatic carboxylic acids is 1. The zero-order valence-electron chi connectivity index (χ0n) is 11.4. The number of hydrogen-bond acceptors (Lipinski definition) is 4. The van der Waals surface area contributed by atoms with Crippen LogP contribution in [0.4, 0.5) is 14.5 Å². The quantitative estimate of drug-likeness (QED) is 0.660. The van der Waals surface area contributed by atoms with Gasteiger partial charge in [0.2, 0.25) is 5.91 Å². The fourth-order valence-corrected chi connectivity index (χ4v) is 1.61. The van der Waals surface area contributed by atoms with Crippen molar-refractivity contribution in [2.24, 2.45) is 5.73 Å². The lowest BCUT2D eigenvalue weighted by molar-refractivity contribution is -0.117. The summed E-state index contributed by atoms with van der Waals surface area (Å²) in [7, 11) is 1.51. The van der Waals surface area contributed by atoms with Crippen molar-refractivity contribution < 1.29 is 28.2 Å². The minimum atomic E-state index is -1.56. The predicted molar refractivity (Wildman–Crippen MR) is 71.0 cm³/mol. The van der Waals surface area contributed by atoms with Gasteiger partial charge in [-0.3, -0.25) is 4.79 Å². The maximum absolute atomic E-state index is 13.5. The van der Waals surface area contributed by atoms with Crippen LogP contribution in [-0.2, 0) is 9.53 Å². The highest BCUT2D eigenvalue weighted by Gasteiger charge is 2.19. The predicted octanol–water partition coefficient (Wildman–Crippen LogP) is 1.36. The van der Waals surface area contributed by atoms with Crippen molar-refractivity contribution in [3.05, 3.63) is 29.3 Å². The first kappa shape index (κ1) is 17.0. The first-order valence-electron chi connectivity index (χ1n) is 6.14. The average Bonchev–Trinajstić information content (AvgIpc) is 2.41. The van der Waals surface area contributed by atoms with E-state index in [1.807, 2.05) is 0 Å². The smallest absolute Gasteiger partial charge is 0.338 e. The van der Waals surface area contributed by atoms with Gasteiger partial charge in [-0.1, -0.05) is 0 Å². The highest BCUT2D eigenvalue weighted by atomic mass is 19.1. The van der Waals surface area contributed by atoms with E-state index in [0.29, 0.717) is 31.6 Å². The van der Waals surface area contributed by atoms with Gasteiger partial charge in [0.15, 0.2) is 0 Å². The number of halogens is 2. The van der Waals surface area contributed by atoms with Gasteiger partial charge in [0, 0.05) is 19.8 Å². The first-order valence-corrected chi connectivity index (χ1v) is 6.14. The van der Waals surface area contributed by atoms with E-state index in [4.69, 9.17) is 15.6 Å². The second-order valence-electron chi connectivity index (χ2n) is 4.35. The summed E-state index contributed by atoms with van der Waals surface area (Å²) in [5, 5.41) is 10.9. The summed E-state index contributed by atoms with van der Waals surface area (Å²) in [6.07, 6.45) is 0.853. The van der Waals surface area contributed by atoms with E-state index >= 15 is 0 Å². The Hall–Kier alpha value is -2.06. The molecule has 1 aromatic rings. The standard InChI is InChI=1S/C13H16F2N2O4/c1-21-4-2-3-10(16)12(18)17-11-5-7(13(19)20)8(14)6-9(11)15/h5-6,10H,2-4,16H2,1H3,(H,17,18)(H,19,20). The number of carboxylic acids is 1. The van der Waals surface area contributed by atoms with Gasteiger partial charge in [-0.05, 0) is 18.9 Å². The third-order valence-corrected chi connectivity index (χ3v) is 2.75. The van der Waals surface area contributed by atoms with E-state index in [9.17, 15) is 18.4 Å². The molecule has 0 bridgehead atoms. The summed E-state index contributed by atoms with van der Waals surface area (Å²) >= 11 is 0. The highest BCUT2D eigenvalue weighted by molar-refractivity contribution is 5.96. The molecule has 0 aromatic heterocycles. The lowest BCUT2D eigenvalue weighted by Gasteiger charge is -2.13. The van der Waals surface area contributed by atoms with Crippen LogP contribution in [0, 0.1) is 11.6 Å². The van der Waals surface area contributed by atoms with Gasteiger partial charge in [0.1, 0.15) is 11.6 Å². The molecule has 1 unspecified atom stereocenters. The third kappa shape index (κ3) is 4.76. The van der Waals surface area contributed by atoms with Crippen LogP contribution >= 0.6 is 0 Å². The van der Waals surface area contributed by atoms with Crippen LogP contribution in [0.5, 0.6) is 0 Å². The Kier molecular flexibility index (Phi) is 6.19. The zero-order valence-corrected chi connectivity index (χ0v) is 11.4. The molecule has 1 rings (SSSR count). The Balaban J connectivity index is 2.80. The van der Waals surface area contributed by atoms with Gasteiger partial charge in [-0.15, -0.1) is 0 Å². The molecule has 0 saturated heterocycles. The van der Waals surface area contributed by atoms with Gasteiger partial charge in [-0.25, -0.2) is 13.6 Å². The Morgan fingerprint density at radius 2 is 2.05 bits per heavy atom. The number of anilines is 1. The number of methoxy groups -OCH3 is 1. The van der Waals surface area contributed by atoms with Crippen LogP contribution in [-0.4, -0.2) is 36.7 Å². The molecule has 1 atom stereocenters. The third-order valence-electron chi connectivity index (χ3n) is 2.75. The normalized spacial score (nSPS) is 12.0. The largest absolute Gasteiger partial charge is 0.478 e. The number of nitrogens with two attached hydrogens (primary N) is 1. The molecule has 116 valence electrons. The molecule has 0 fully saturated rings. The van der Waals surface area contributed by atoms with E-state index in [-0.39, 0.29) is 0 Å². The van der Waals surface area contributed by atoms with Crippen LogP contribution in [0.3, 0.4) is 0 Å². The van der Waals surface area contributed by atoms with Gasteiger partial charge in [0.25, 0.3) is 0 Å². The minimum Gasteiger partial charge on any atom is -0.478 e. The van der Waals surface area contributed by atoms with Crippen LogP contribution in [0.15, 0.2) is 12.1 Å². The molecule has 4 N–H and O–H groups in total. The van der Waals surface area contributed by atoms with Gasteiger partial charge in [-0.2, -0.15) is 0 Å². The van der Waals surface area contributed by atoms with Gasteiger partial charge in [0.05, 0.1) is 17.3 Å². The molecule has 0 aliphatic rings. The summed E-state index contributed by atoms with van der Waals surface area (Å²) in [4.78, 5) is 22.5. The fraction of sp³-hybridized carbons (Fsp3) is 0.385. The average molecular weight is 302 g/mol. The van der Waals surface area contributed by atoms with Crippen molar-refractivity contribution >= 4 is 17.6 Å². The molecule has 6 nitrogen and oxygen atoms in total. The lowest BCUT2D eigenvalue weighted by Crippen LogP contribution is -2.36. The number of benzene rings is 1. The maximum atomic E-state index is 13.5. The zero-order chi connectivity index (χ0) is 16.0. The summed E-state index contributed by atoms with van der Waals surface area (Å²) in [6, 6.07) is 0.209. The Bertz CT molecular complexity index is 537. The van der Waals surface area contributed by atoms with E-state index in [1.165, 1.54) is 7.11 Å². The van der Waals surface area contributed by atoms with E-state index in [0.717, 1.165) is 0 Å². The number of carbonyl (C=O) groups is 2. The lowest BCUT2D eigenvalue weighted by atomic mass is 10.1. The number of amides is 1. The molecule has 0 aliphatic heterocycles. The molecule has 0 aliphatic carbocycles. The first-order chi connectivity index (χ1) is 9.86. The molecule has 0 spiro atoms. The second kappa shape index (κ2) is 7.65. The Labute approximate surface area is 119 Å². The molecule has 0 heterocycles. The van der Waals surface area contributed by atoms with Crippen molar-refractivity contribution in [3.8, 4) is 0 Å². The van der Waals surface area contributed by atoms with Gasteiger partial charge >= 0.3 is 5.97 Å². The molecule has 1 amide bonds. The number of carbonyl (C=O) groups excluding carboxylic acids is 1. The van der Waals surface area contributed by atoms with E-state index in [2.05, 4.69) is 5.32 Å². The number of ether oxygens (including phenoxy) is 1. The molecule has 21 heavy (non-hydrogen) atoms. The SMILES string of the molecule is COCCCC(N)C(=O)Nc1cc(C(=O)O)c(F)cc1F. The van der Waals surface area contributed by atoms with Crippen LogP contribution in [0.25, 0.3) is 0 Å². The molecule has 0 radical (unpaired) electrons. The summed E-state index contributed by atoms with van der Waals surface area (Å²) in [5.41, 5.74) is 4.44. The number of hydrogen-bond donors (Lipinski definition) is 3. The van der Waals surface area contributed by atoms with Crippen molar-refractivity contribution in [2.75, 3.05) is 19.0 Å². The molecule has 8 heteroatoms. The number of carboxylic acid groups (broad SMARTS) is 1. The molecular formula is C13H16F2N2O4. The topological polar surface area (TPSA) is 102 Å². The second-order valence-corrected chi connectivity index (χ2v) is 4.35. The van der Waals surface area contributed by atoms with Crippen molar-refractivity contribution in [2.45, 2.75) is 18.9 Å². The van der Waals surface area contributed by atoms with E-state index in [1.54, 1.807) is 0 Å². The van der Waals surface area contributed by atoms with E-state index < -0.39 is 40.8 Å². The van der Waals surface area contributed by atoms with Crippen molar-refractivity contribution in [1.82, 2.24) is 0 Å². The minimum absolute atomic E-state index is 0.314. The summed E-state index contributed by atoms with van der Waals surface area (Å²) in [6.45, 7) is 0.426. The van der Waals surface area contributed by atoms with Crippen molar-refractivity contribution in [1.29, 1.82) is 0 Å². The summed E-state index contributed by atoms with van der Waals surface area (Å²) in [5.74, 6) is -4.54. The van der Waals surface area contributed by atoms with Crippen molar-refractivity contribution in [3.63, 3.8) is 0 Å². The number of nitrogens with one attached hydrogen (secondary N) is 1. The molecule has 1 aromatic carbocycles. The highest BCUT2D eigenvalue weighted by Crippen LogP contribution is 2.20. The summed E-state index contributed by atoms with van der Waals surface area (Å²) < 4.78 is 31.5.